The summed E-state index contributed by atoms with van der Waals surface area (Å²) in [5.74, 6) is 0.278. The molecule has 1 aromatic carbocycles. The van der Waals surface area contributed by atoms with E-state index in [4.69, 9.17) is 4.74 Å². The van der Waals surface area contributed by atoms with Crippen LogP contribution < -0.4 is 10.1 Å². The van der Waals surface area contributed by atoms with Crippen LogP contribution in [0.5, 0.6) is 5.88 Å². The lowest BCUT2D eigenvalue weighted by Crippen LogP contribution is -2.17. The SMILES string of the molecule is Cc1ccc(NC(=O)Oc2ccccn2)c(C)c1. The number of rotatable bonds is 2. The Kier molecular flexibility index (Phi) is 3.57. The van der Waals surface area contributed by atoms with Gasteiger partial charge >= 0.3 is 6.09 Å². The van der Waals surface area contributed by atoms with Crippen LogP contribution in [-0.4, -0.2) is 11.1 Å². The summed E-state index contributed by atoms with van der Waals surface area (Å²) >= 11 is 0. The molecule has 1 N–H and O–H groups in total. The third-order valence-corrected chi connectivity index (χ3v) is 2.45. The second kappa shape index (κ2) is 5.31. The van der Waals surface area contributed by atoms with Gasteiger partial charge in [0.25, 0.3) is 0 Å². The van der Waals surface area contributed by atoms with Gasteiger partial charge in [0.15, 0.2) is 0 Å². The second-order valence-electron chi connectivity index (χ2n) is 4.00. The predicted molar refractivity (Wildman–Crippen MR) is 69.8 cm³/mol. The first-order valence-electron chi connectivity index (χ1n) is 5.62. The molecule has 0 fully saturated rings. The van der Waals surface area contributed by atoms with E-state index in [2.05, 4.69) is 10.3 Å². The van der Waals surface area contributed by atoms with E-state index in [0.29, 0.717) is 0 Å². The van der Waals surface area contributed by atoms with E-state index in [1.165, 1.54) is 0 Å². The molecule has 0 saturated heterocycles. The summed E-state index contributed by atoms with van der Waals surface area (Å²) in [5, 5.41) is 2.68. The Hall–Kier alpha value is -2.36. The van der Waals surface area contributed by atoms with Crippen LogP contribution in [0.25, 0.3) is 0 Å². The maximum atomic E-state index is 11.6. The number of hydrogen-bond donors (Lipinski definition) is 1. The Balaban J connectivity index is 2.03. The molecule has 2 rings (SSSR count). The van der Waals surface area contributed by atoms with Crippen LogP contribution in [0, 0.1) is 13.8 Å². The van der Waals surface area contributed by atoms with Crippen molar-refractivity contribution in [3.8, 4) is 5.88 Å². The van der Waals surface area contributed by atoms with Crippen molar-refractivity contribution in [3.63, 3.8) is 0 Å². The third kappa shape index (κ3) is 3.07. The van der Waals surface area contributed by atoms with Crippen molar-refractivity contribution in [3.05, 3.63) is 53.7 Å². The number of nitrogens with one attached hydrogen (secondary N) is 1. The zero-order chi connectivity index (χ0) is 13.0. The minimum atomic E-state index is -0.541. The fourth-order valence-electron chi connectivity index (χ4n) is 1.59. The topological polar surface area (TPSA) is 51.2 Å². The number of carbonyl (C=O) groups is 1. The van der Waals surface area contributed by atoms with E-state index in [1.807, 2.05) is 32.0 Å². The Morgan fingerprint density at radius 1 is 1.22 bits per heavy atom. The highest BCUT2D eigenvalue weighted by Gasteiger charge is 2.07. The minimum absolute atomic E-state index is 0.278. The van der Waals surface area contributed by atoms with Crippen molar-refractivity contribution in [2.45, 2.75) is 13.8 Å². The van der Waals surface area contributed by atoms with Crippen molar-refractivity contribution >= 4 is 11.8 Å². The summed E-state index contributed by atoms with van der Waals surface area (Å²) in [7, 11) is 0. The van der Waals surface area contributed by atoms with Crippen LogP contribution in [-0.2, 0) is 0 Å². The van der Waals surface area contributed by atoms with Gasteiger partial charge in [-0.2, -0.15) is 0 Å². The highest BCUT2D eigenvalue weighted by molar-refractivity contribution is 5.87. The summed E-state index contributed by atoms with van der Waals surface area (Å²) < 4.78 is 5.04. The van der Waals surface area contributed by atoms with Crippen LogP contribution in [0.1, 0.15) is 11.1 Å². The number of nitrogens with zero attached hydrogens (tertiary/aromatic N) is 1. The molecule has 0 saturated carbocycles. The van der Waals surface area contributed by atoms with Gasteiger partial charge in [-0.1, -0.05) is 23.8 Å². The maximum Gasteiger partial charge on any atom is 0.418 e. The highest BCUT2D eigenvalue weighted by atomic mass is 16.6. The summed E-state index contributed by atoms with van der Waals surface area (Å²) in [6, 6.07) is 10.9. The molecule has 0 radical (unpaired) electrons. The standard InChI is InChI=1S/C14H14N2O2/c1-10-6-7-12(11(2)9-10)16-14(17)18-13-5-3-4-8-15-13/h3-9H,1-2H3,(H,16,17). The molecular weight excluding hydrogens is 228 g/mol. The molecule has 92 valence electrons. The molecule has 1 heterocycles. The predicted octanol–water partition coefficient (Wildman–Crippen LogP) is 3.31. The van der Waals surface area contributed by atoms with Gasteiger partial charge < -0.3 is 4.74 Å². The maximum absolute atomic E-state index is 11.6. The van der Waals surface area contributed by atoms with E-state index in [9.17, 15) is 4.79 Å². The Labute approximate surface area is 106 Å². The van der Waals surface area contributed by atoms with Gasteiger partial charge in [0.05, 0.1) is 0 Å². The molecule has 0 unspecified atom stereocenters. The summed E-state index contributed by atoms with van der Waals surface area (Å²) in [6.07, 6.45) is 1.03. The van der Waals surface area contributed by atoms with Crippen LogP contribution >= 0.6 is 0 Å². The molecular formula is C14H14N2O2. The van der Waals surface area contributed by atoms with Gasteiger partial charge in [-0.15, -0.1) is 0 Å². The first-order valence-corrected chi connectivity index (χ1v) is 5.62. The number of carbonyl (C=O) groups excluding carboxylic acids is 1. The molecule has 2 aromatic rings. The van der Waals surface area contributed by atoms with Crippen molar-refractivity contribution in [2.75, 3.05) is 5.32 Å². The number of aromatic nitrogens is 1. The number of pyridine rings is 1. The Morgan fingerprint density at radius 3 is 2.72 bits per heavy atom. The van der Waals surface area contributed by atoms with Gasteiger partial charge in [0, 0.05) is 18.0 Å². The van der Waals surface area contributed by atoms with E-state index >= 15 is 0 Å². The van der Waals surface area contributed by atoms with Crippen LogP contribution in [0.15, 0.2) is 42.6 Å². The average molecular weight is 242 g/mol. The van der Waals surface area contributed by atoms with E-state index < -0.39 is 6.09 Å². The molecule has 0 aliphatic carbocycles. The largest absolute Gasteiger partial charge is 0.418 e. The van der Waals surface area contributed by atoms with E-state index in [1.54, 1.807) is 24.4 Å². The summed E-state index contributed by atoms with van der Waals surface area (Å²) in [6.45, 7) is 3.94. The Morgan fingerprint density at radius 2 is 2.06 bits per heavy atom. The summed E-state index contributed by atoms with van der Waals surface area (Å²) in [4.78, 5) is 15.6. The number of anilines is 1. The molecule has 0 aliphatic rings. The third-order valence-electron chi connectivity index (χ3n) is 2.45. The van der Waals surface area contributed by atoms with Crippen LogP contribution in [0.2, 0.25) is 0 Å². The molecule has 0 spiro atoms. The minimum Gasteiger partial charge on any atom is -0.391 e. The number of amides is 1. The number of hydrogen-bond acceptors (Lipinski definition) is 3. The molecule has 1 amide bonds. The highest BCUT2D eigenvalue weighted by Crippen LogP contribution is 2.16. The molecule has 18 heavy (non-hydrogen) atoms. The fraction of sp³-hybridized carbons (Fsp3) is 0.143. The number of ether oxygens (including phenoxy) is 1. The lowest BCUT2D eigenvalue weighted by Gasteiger charge is -2.08. The monoisotopic (exact) mass is 242 g/mol. The summed E-state index contributed by atoms with van der Waals surface area (Å²) in [5.41, 5.74) is 2.88. The smallest absolute Gasteiger partial charge is 0.391 e. The number of benzene rings is 1. The first kappa shape index (κ1) is 12.1. The molecule has 4 heteroatoms. The molecule has 0 atom stereocenters. The van der Waals surface area contributed by atoms with Crippen molar-refractivity contribution < 1.29 is 9.53 Å². The van der Waals surface area contributed by atoms with Crippen LogP contribution in [0.4, 0.5) is 10.5 Å². The van der Waals surface area contributed by atoms with Gasteiger partial charge in [0.1, 0.15) is 0 Å². The van der Waals surface area contributed by atoms with Gasteiger partial charge in [-0.05, 0) is 31.5 Å². The van der Waals surface area contributed by atoms with Crippen molar-refractivity contribution in [1.82, 2.24) is 4.98 Å². The van der Waals surface area contributed by atoms with Gasteiger partial charge in [-0.25, -0.2) is 9.78 Å². The molecule has 1 aromatic heterocycles. The number of aryl methyl sites for hydroxylation is 2. The lowest BCUT2D eigenvalue weighted by molar-refractivity contribution is 0.213. The lowest BCUT2D eigenvalue weighted by atomic mass is 10.1. The van der Waals surface area contributed by atoms with E-state index in [-0.39, 0.29) is 5.88 Å². The Bertz CT molecular complexity index is 553. The van der Waals surface area contributed by atoms with Gasteiger partial charge in [0.2, 0.25) is 5.88 Å². The molecule has 4 nitrogen and oxygen atoms in total. The molecule has 0 aliphatic heterocycles. The van der Waals surface area contributed by atoms with Crippen LogP contribution in [0.3, 0.4) is 0 Å². The zero-order valence-electron chi connectivity index (χ0n) is 10.3. The fourth-order valence-corrected chi connectivity index (χ4v) is 1.59. The van der Waals surface area contributed by atoms with Crippen molar-refractivity contribution in [1.29, 1.82) is 0 Å². The van der Waals surface area contributed by atoms with E-state index in [0.717, 1.165) is 16.8 Å². The molecule has 0 bridgehead atoms. The first-order chi connectivity index (χ1) is 8.65. The van der Waals surface area contributed by atoms with Gasteiger partial charge in [-0.3, -0.25) is 5.32 Å². The quantitative estimate of drug-likeness (QED) is 0.879. The normalized spacial score (nSPS) is 9.89. The zero-order valence-corrected chi connectivity index (χ0v) is 10.3. The second-order valence-corrected chi connectivity index (χ2v) is 4.00. The average Bonchev–Trinajstić information content (AvgIpc) is 2.34. The van der Waals surface area contributed by atoms with Crippen molar-refractivity contribution in [2.24, 2.45) is 0 Å².